The second kappa shape index (κ2) is 8.25. The van der Waals surface area contributed by atoms with Gasteiger partial charge in [-0.05, 0) is 30.2 Å². The molecule has 25 heavy (non-hydrogen) atoms. The van der Waals surface area contributed by atoms with Crippen molar-refractivity contribution in [2.75, 3.05) is 0 Å². The Balaban J connectivity index is 2.05. The zero-order valence-corrected chi connectivity index (χ0v) is 14.2. The molecule has 0 bridgehead atoms. The summed E-state index contributed by atoms with van der Waals surface area (Å²) in [6.45, 7) is 2.03. The average molecular weight is 372 g/mol. The summed E-state index contributed by atoms with van der Waals surface area (Å²) < 4.78 is 44.1. The van der Waals surface area contributed by atoms with Crippen LogP contribution in [0.3, 0.4) is 0 Å². The Kier molecular flexibility index (Phi) is 6.31. The molecular weight excluding hydrogens is 355 g/mol. The Morgan fingerprint density at radius 2 is 1.88 bits per heavy atom. The fourth-order valence-corrected chi connectivity index (χ4v) is 2.41. The topological polar surface area (TPSA) is 38.3 Å². The molecular formula is C18H17ClF3NO2. The SMILES string of the molecule is CCC(Oc1ccc(Cl)c(C(F)(F)F)c1)C(=O)NCc1ccccc1. The zero-order valence-electron chi connectivity index (χ0n) is 13.4. The van der Waals surface area contributed by atoms with Crippen LogP contribution in [0.15, 0.2) is 48.5 Å². The number of rotatable bonds is 6. The van der Waals surface area contributed by atoms with Crippen LogP contribution in [0.5, 0.6) is 5.75 Å². The summed E-state index contributed by atoms with van der Waals surface area (Å²) >= 11 is 5.58. The number of amides is 1. The first-order valence-electron chi connectivity index (χ1n) is 7.66. The molecule has 0 saturated heterocycles. The van der Waals surface area contributed by atoms with Gasteiger partial charge in [0.1, 0.15) is 5.75 Å². The molecule has 0 aliphatic heterocycles. The Bertz CT molecular complexity index is 720. The maximum atomic E-state index is 12.9. The Labute approximate surface area is 148 Å². The van der Waals surface area contributed by atoms with Crippen molar-refractivity contribution < 1.29 is 22.7 Å². The van der Waals surface area contributed by atoms with E-state index < -0.39 is 28.8 Å². The molecule has 134 valence electrons. The van der Waals surface area contributed by atoms with E-state index in [-0.39, 0.29) is 5.75 Å². The lowest BCUT2D eigenvalue weighted by atomic mass is 10.2. The van der Waals surface area contributed by atoms with Crippen LogP contribution in [-0.4, -0.2) is 12.0 Å². The summed E-state index contributed by atoms with van der Waals surface area (Å²) in [5.41, 5.74) is -0.0808. The summed E-state index contributed by atoms with van der Waals surface area (Å²) in [7, 11) is 0. The quantitative estimate of drug-likeness (QED) is 0.789. The van der Waals surface area contributed by atoms with Gasteiger partial charge in [-0.3, -0.25) is 4.79 Å². The number of alkyl halides is 3. The maximum Gasteiger partial charge on any atom is 0.417 e. The monoisotopic (exact) mass is 371 g/mol. The van der Waals surface area contributed by atoms with Crippen LogP contribution in [0.25, 0.3) is 0 Å². The summed E-state index contributed by atoms with van der Waals surface area (Å²) in [5, 5.41) is 2.30. The summed E-state index contributed by atoms with van der Waals surface area (Å²) in [6.07, 6.45) is -5.18. The molecule has 3 nitrogen and oxygen atoms in total. The Hall–Kier alpha value is -2.21. The highest BCUT2D eigenvalue weighted by atomic mass is 35.5. The van der Waals surface area contributed by atoms with Crippen molar-refractivity contribution in [1.82, 2.24) is 5.32 Å². The average Bonchev–Trinajstić information content (AvgIpc) is 2.58. The van der Waals surface area contributed by atoms with Crippen molar-refractivity contribution >= 4 is 17.5 Å². The standard InChI is InChI=1S/C18H17ClF3NO2/c1-2-16(17(24)23-11-12-6-4-3-5-7-12)25-13-8-9-15(19)14(10-13)18(20,21)22/h3-10,16H,2,11H2,1H3,(H,23,24). The van der Waals surface area contributed by atoms with Gasteiger partial charge in [-0.15, -0.1) is 0 Å². The predicted molar refractivity (Wildman–Crippen MR) is 89.4 cm³/mol. The molecule has 0 fully saturated rings. The van der Waals surface area contributed by atoms with Crippen molar-refractivity contribution in [2.45, 2.75) is 32.2 Å². The van der Waals surface area contributed by atoms with E-state index in [0.717, 1.165) is 17.7 Å². The van der Waals surface area contributed by atoms with E-state index in [9.17, 15) is 18.0 Å². The normalized spacial score (nSPS) is 12.5. The molecule has 1 unspecified atom stereocenters. The second-order valence-corrected chi connectivity index (χ2v) is 5.76. The van der Waals surface area contributed by atoms with Gasteiger partial charge in [0.25, 0.3) is 5.91 Å². The van der Waals surface area contributed by atoms with E-state index in [1.165, 1.54) is 6.07 Å². The smallest absolute Gasteiger partial charge is 0.417 e. The number of halogens is 4. The van der Waals surface area contributed by atoms with Crippen LogP contribution in [0.2, 0.25) is 5.02 Å². The lowest BCUT2D eigenvalue weighted by Crippen LogP contribution is -2.37. The number of nitrogens with one attached hydrogen (secondary N) is 1. The van der Waals surface area contributed by atoms with E-state index >= 15 is 0 Å². The number of hydrogen-bond acceptors (Lipinski definition) is 2. The van der Waals surface area contributed by atoms with E-state index in [0.29, 0.717) is 13.0 Å². The summed E-state index contributed by atoms with van der Waals surface area (Å²) in [4.78, 5) is 12.2. The van der Waals surface area contributed by atoms with Crippen molar-refractivity contribution in [2.24, 2.45) is 0 Å². The molecule has 0 spiro atoms. The number of ether oxygens (including phenoxy) is 1. The molecule has 2 rings (SSSR count). The second-order valence-electron chi connectivity index (χ2n) is 5.36. The molecule has 7 heteroatoms. The van der Waals surface area contributed by atoms with Gasteiger partial charge < -0.3 is 10.1 Å². The zero-order chi connectivity index (χ0) is 18.4. The Morgan fingerprint density at radius 1 is 1.20 bits per heavy atom. The highest BCUT2D eigenvalue weighted by Gasteiger charge is 2.34. The van der Waals surface area contributed by atoms with E-state index in [4.69, 9.17) is 16.3 Å². The molecule has 1 N–H and O–H groups in total. The van der Waals surface area contributed by atoms with Crippen LogP contribution in [0, 0.1) is 0 Å². The highest BCUT2D eigenvalue weighted by molar-refractivity contribution is 6.31. The van der Waals surface area contributed by atoms with Crippen molar-refractivity contribution in [3.05, 3.63) is 64.7 Å². The van der Waals surface area contributed by atoms with Gasteiger partial charge in [-0.1, -0.05) is 48.9 Å². The third kappa shape index (κ3) is 5.39. The van der Waals surface area contributed by atoms with Crippen molar-refractivity contribution in [3.8, 4) is 5.75 Å². The molecule has 1 atom stereocenters. The minimum atomic E-state index is -4.59. The molecule has 0 aliphatic rings. The van der Waals surface area contributed by atoms with E-state index in [2.05, 4.69) is 5.32 Å². The van der Waals surface area contributed by atoms with Crippen LogP contribution in [0.1, 0.15) is 24.5 Å². The molecule has 2 aromatic carbocycles. The van der Waals surface area contributed by atoms with E-state index in [1.807, 2.05) is 30.3 Å². The van der Waals surface area contributed by atoms with Gasteiger partial charge >= 0.3 is 6.18 Å². The lowest BCUT2D eigenvalue weighted by molar-refractivity contribution is -0.137. The summed E-state index contributed by atoms with van der Waals surface area (Å²) in [6, 6.07) is 12.5. The highest BCUT2D eigenvalue weighted by Crippen LogP contribution is 2.37. The minimum Gasteiger partial charge on any atom is -0.481 e. The number of carbonyl (C=O) groups excluding carboxylic acids is 1. The first kappa shape index (κ1) is 19.1. The molecule has 2 aromatic rings. The van der Waals surface area contributed by atoms with E-state index in [1.54, 1.807) is 6.92 Å². The molecule has 1 amide bonds. The van der Waals surface area contributed by atoms with Crippen LogP contribution < -0.4 is 10.1 Å². The molecule has 0 aliphatic carbocycles. The first-order valence-corrected chi connectivity index (χ1v) is 8.04. The van der Waals surface area contributed by atoms with Gasteiger partial charge in [0.15, 0.2) is 6.10 Å². The van der Waals surface area contributed by atoms with Gasteiger partial charge in [0.2, 0.25) is 0 Å². The van der Waals surface area contributed by atoms with Gasteiger partial charge in [0.05, 0.1) is 10.6 Å². The largest absolute Gasteiger partial charge is 0.481 e. The number of benzene rings is 2. The predicted octanol–water partition coefficient (Wildman–Crippen LogP) is 4.83. The molecule has 0 radical (unpaired) electrons. The number of carbonyl (C=O) groups is 1. The van der Waals surface area contributed by atoms with Gasteiger partial charge in [0, 0.05) is 6.54 Å². The van der Waals surface area contributed by atoms with Gasteiger partial charge in [-0.2, -0.15) is 13.2 Å². The van der Waals surface area contributed by atoms with Crippen LogP contribution in [0.4, 0.5) is 13.2 Å². The lowest BCUT2D eigenvalue weighted by Gasteiger charge is -2.18. The first-order chi connectivity index (χ1) is 11.8. The van der Waals surface area contributed by atoms with Gasteiger partial charge in [-0.25, -0.2) is 0 Å². The fraction of sp³-hybridized carbons (Fsp3) is 0.278. The fourth-order valence-electron chi connectivity index (χ4n) is 2.18. The number of hydrogen-bond donors (Lipinski definition) is 1. The van der Waals surface area contributed by atoms with Crippen LogP contribution in [-0.2, 0) is 17.5 Å². The van der Waals surface area contributed by atoms with Crippen LogP contribution >= 0.6 is 11.6 Å². The Morgan fingerprint density at radius 3 is 2.48 bits per heavy atom. The summed E-state index contributed by atoms with van der Waals surface area (Å²) in [5.74, 6) is -0.451. The maximum absolute atomic E-state index is 12.9. The molecule has 0 aromatic heterocycles. The third-order valence-corrected chi connectivity index (χ3v) is 3.82. The third-order valence-electron chi connectivity index (χ3n) is 3.49. The van der Waals surface area contributed by atoms with Crippen molar-refractivity contribution in [3.63, 3.8) is 0 Å². The van der Waals surface area contributed by atoms with Crippen molar-refractivity contribution in [1.29, 1.82) is 0 Å². The molecule has 0 heterocycles. The minimum absolute atomic E-state index is 0.0570. The molecule has 0 saturated carbocycles.